The summed E-state index contributed by atoms with van der Waals surface area (Å²) in [4.78, 5) is 37.5. The van der Waals surface area contributed by atoms with E-state index < -0.39 is 11.9 Å². The van der Waals surface area contributed by atoms with Crippen molar-refractivity contribution in [2.45, 2.75) is 25.5 Å². The van der Waals surface area contributed by atoms with Crippen molar-refractivity contribution in [3.05, 3.63) is 16.6 Å². The van der Waals surface area contributed by atoms with Crippen LogP contribution in [-0.4, -0.2) is 57.5 Å². The molecule has 0 spiro atoms. The molecule has 1 aliphatic heterocycles. The summed E-state index contributed by atoms with van der Waals surface area (Å²) in [6.45, 7) is 4.98. The minimum absolute atomic E-state index is 0.0170. The van der Waals surface area contributed by atoms with Crippen LogP contribution in [0.3, 0.4) is 0 Å². The summed E-state index contributed by atoms with van der Waals surface area (Å²) in [5.41, 5.74) is 1.33. The first-order valence-corrected chi connectivity index (χ1v) is 10.4. The summed E-state index contributed by atoms with van der Waals surface area (Å²) >= 11 is 1.33. The lowest BCUT2D eigenvalue weighted by atomic mass is 10.1. The third-order valence-electron chi connectivity index (χ3n) is 4.64. The highest BCUT2D eigenvalue weighted by atomic mass is 32.2. The zero-order valence-electron chi connectivity index (χ0n) is 16.2. The van der Waals surface area contributed by atoms with Crippen molar-refractivity contribution >= 4 is 51.6 Å². The van der Waals surface area contributed by atoms with Gasteiger partial charge in [-0.15, -0.1) is 0 Å². The number of carbonyl (C=O) groups excluding carboxylic acids is 2. The molecule has 11 heteroatoms. The molecule has 4 heterocycles. The Morgan fingerprint density at radius 1 is 1.17 bits per heavy atom. The van der Waals surface area contributed by atoms with E-state index in [9.17, 15) is 9.59 Å². The summed E-state index contributed by atoms with van der Waals surface area (Å²) in [7, 11) is 0. The van der Waals surface area contributed by atoms with E-state index in [0.29, 0.717) is 51.7 Å². The molecule has 0 bridgehead atoms. The Bertz CT molecular complexity index is 1210. The number of ether oxygens (including phenoxy) is 2. The number of hydrogen-bond acceptors (Lipinski definition) is 9. The first kappa shape index (κ1) is 19.2. The quantitative estimate of drug-likeness (QED) is 0.326. The fourth-order valence-corrected chi connectivity index (χ4v) is 3.91. The van der Waals surface area contributed by atoms with Gasteiger partial charge in [-0.1, -0.05) is 11.8 Å². The zero-order valence-corrected chi connectivity index (χ0v) is 17.0. The molecule has 0 saturated heterocycles. The van der Waals surface area contributed by atoms with Crippen LogP contribution in [0.25, 0.3) is 22.1 Å². The Kier molecular flexibility index (Phi) is 4.91. The maximum Gasteiger partial charge on any atom is 0.344 e. The number of rotatable bonds is 5. The maximum absolute atomic E-state index is 12.8. The van der Waals surface area contributed by atoms with Crippen molar-refractivity contribution < 1.29 is 19.1 Å². The number of thioether (sulfide) groups is 1. The van der Waals surface area contributed by atoms with E-state index in [4.69, 9.17) is 14.9 Å². The van der Waals surface area contributed by atoms with Gasteiger partial charge in [0.2, 0.25) is 0 Å². The number of aromatic nitrogens is 4. The van der Waals surface area contributed by atoms with Gasteiger partial charge in [0.1, 0.15) is 22.6 Å². The molecule has 0 unspecified atom stereocenters. The van der Waals surface area contributed by atoms with E-state index in [1.54, 1.807) is 13.8 Å². The van der Waals surface area contributed by atoms with Gasteiger partial charge in [0.15, 0.2) is 10.6 Å². The van der Waals surface area contributed by atoms with Crippen LogP contribution in [0, 0.1) is 5.41 Å². The molecule has 3 N–H and O–H groups in total. The molecule has 0 saturated carbocycles. The minimum Gasteiger partial charge on any atom is -0.462 e. The molecule has 29 heavy (non-hydrogen) atoms. The van der Waals surface area contributed by atoms with E-state index in [2.05, 4.69) is 20.3 Å². The van der Waals surface area contributed by atoms with Crippen molar-refractivity contribution in [2.24, 2.45) is 0 Å². The number of nitrogens with zero attached hydrogens (tertiary/aromatic N) is 3. The molecule has 0 radical (unpaired) electrons. The summed E-state index contributed by atoms with van der Waals surface area (Å²) in [6, 6.07) is 0. The van der Waals surface area contributed by atoms with Crippen LogP contribution in [0.5, 0.6) is 0 Å². The topological polar surface area (TPSA) is 135 Å². The lowest BCUT2D eigenvalue weighted by molar-refractivity contribution is 0.0518. The molecule has 3 aromatic heterocycles. The van der Waals surface area contributed by atoms with Crippen molar-refractivity contribution in [1.82, 2.24) is 19.5 Å². The summed E-state index contributed by atoms with van der Waals surface area (Å²) in [5.74, 6) is -0.602. The van der Waals surface area contributed by atoms with Gasteiger partial charge in [-0.25, -0.2) is 19.6 Å². The fraction of sp³-hybridized carbons (Fsp3) is 0.389. The third-order valence-corrected chi connectivity index (χ3v) is 5.22. The molecule has 10 nitrogen and oxygen atoms in total. The van der Waals surface area contributed by atoms with Gasteiger partial charge in [-0.3, -0.25) is 5.41 Å². The van der Waals surface area contributed by atoms with Crippen LogP contribution in [-0.2, 0) is 16.0 Å². The van der Waals surface area contributed by atoms with Gasteiger partial charge in [-0.2, -0.15) is 0 Å². The second kappa shape index (κ2) is 7.39. The summed E-state index contributed by atoms with van der Waals surface area (Å²) < 4.78 is 12.2. The summed E-state index contributed by atoms with van der Waals surface area (Å²) in [5, 5.41) is 12.6. The first-order chi connectivity index (χ1) is 14.0. The van der Waals surface area contributed by atoms with Crippen LogP contribution < -0.4 is 10.8 Å². The van der Waals surface area contributed by atoms with Gasteiger partial charge in [0, 0.05) is 13.1 Å². The highest BCUT2D eigenvalue weighted by Gasteiger charge is 2.30. The van der Waals surface area contributed by atoms with Crippen LogP contribution in [0.1, 0.15) is 34.6 Å². The fourth-order valence-electron chi connectivity index (χ4n) is 3.53. The second-order valence-electron chi connectivity index (χ2n) is 6.25. The standard InChI is InChI=1S/C18H20N6O4S/c1-4-27-16(25)9-11-8-12(22-18(21-11)29-3)10(17(26)28-5-2)14-20-6-7-24(14)15(8)23-13(9)19/h19-20H,4-7H2,1-3H3,(H,21,22). The van der Waals surface area contributed by atoms with Crippen LogP contribution in [0.2, 0.25) is 0 Å². The smallest absolute Gasteiger partial charge is 0.344 e. The molecule has 0 atom stereocenters. The average Bonchev–Trinajstić information content (AvgIpc) is 3.17. The Balaban J connectivity index is 2.21. The van der Waals surface area contributed by atoms with Crippen molar-refractivity contribution in [1.29, 1.82) is 5.41 Å². The number of nitrogens with one attached hydrogen (secondary N) is 3. The molecule has 3 aromatic rings. The third kappa shape index (κ3) is 2.92. The molecule has 4 rings (SSSR count). The molecule has 152 valence electrons. The number of H-pyrrole nitrogens is 1. The average molecular weight is 416 g/mol. The SMILES string of the molecule is CCOC(=O)c1c2n(c3nc(=N)c(C(=O)OCC)c4[nH]c(SC)nc1c43)CCN2. The van der Waals surface area contributed by atoms with Gasteiger partial charge >= 0.3 is 11.9 Å². The maximum atomic E-state index is 12.8. The second-order valence-corrected chi connectivity index (χ2v) is 7.04. The number of pyridine rings is 2. The van der Waals surface area contributed by atoms with Crippen LogP contribution >= 0.6 is 11.8 Å². The molecule has 0 amide bonds. The van der Waals surface area contributed by atoms with Gasteiger partial charge < -0.3 is 24.3 Å². The van der Waals surface area contributed by atoms with E-state index in [0.717, 1.165) is 0 Å². The largest absolute Gasteiger partial charge is 0.462 e. The van der Waals surface area contributed by atoms with Gasteiger partial charge in [0.05, 0.1) is 29.6 Å². The number of esters is 2. The molecule has 0 fully saturated rings. The van der Waals surface area contributed by atoms with Crippen molar-refractivity contribution in [2.75, 3.05) is 31.3 Å². The molecular formula is C18H20N6O4S. The highest BCUT2D eigenvalue weighted by Crippen LogP contribution is 2.35. The Morgan fingerprint density at radius 3 is 2.52 bits per heavy atom. The van der Waals surface area contributed by atoms with Crippen molar-refractivity contribution in [3.63, 3.8) is 0 Å². The van der Waals surface area contributed by atoms with Gasteiger partial charge in [-0.05, 0) is 20.1 Å². The number of anilines is 1. The van der Waals surface area contributed by atoms with E-state index >= 15 is 0 Å². The molecular weight excluding hydrogens is 396 g/mol. The number of carbonyl (C=O) groups is 2. The zero-order chi connectivity index (χ0) is 20.7. The number of fused-ring (bicyclic) bond motifs is 2. The Morgan fingerprint density at radius 2 is 1.86 bits per heavy atom. The highest BCUT2D eigenvalue weighted by molar-refractivity contribution is 7.98. The minimum atomic E-state index is -0.649. The van der Waals surface area contributed by atoms with Crippen LogP contribution in [0.15, 0.2) is 5.16 Å². The normalized spacial score (nSPS) is 12.8. The lowest BCUT2D eigenvalue weighted by Gasteiger charge is -2.18. The predicted octanol–water partition coefficient (Wildman–Crippen LogP) is 1.89. The van der Waals surface area contributed by atoms with Gasteiger partial charge in [0.25, 0.3) is 0 Å². The molecule has 0 aliphatic carbocycles. The monoisotopic (exact) mass is 416 g/mol. The van der Waals surface area contributed by atoms with E-state index in [1.165, 1.54) is 11.8 Å². The Labute approximate surface area is 169 Å². The Hall–Kier alpha value is -3.08. The number of hydrogen-bond donors (Lipinski definition) is 3. The van der Waals surface area contributed by atoms with E-state index in [1.807, 2.05) is 10.8 Å². The predicted molar refractivity (Wildman–Crippen MR) is 107 cm³/mol. The molecule has 1 aliphatic rings. The molecule has 0 aromatic carbocycles. The lowest BCUT2D eigenvalue weighted by Crippen LogP contribution is -2.24. The van der Waals surface area contributed by atoms with Crippen molar-refractivity contribution in [3.8, 4) is 0 Å². The number of aromatic amines is 1. The first-order valence-electron chi connectivity index (χ1n) is 9.18. The summed E-state index contributed by atoms with van der Waals surface area (Å²) in [6.07, 6.45) is 1.82. The van der Waals surface area contributed by atoms with Crippen LogP contribution in [0.4, 0.5) is 5.82 Å². The van der Waals surface area contributed by atoms with E-state index in [-0.39, 0.29) is 24.3 Å².